The molecule has 8 heteroatoms. The highest BCUT2D eigenvalue weighted by Crippen LogP contribution is 1.92. The maximum absolute atomic E-state index is 12.0. The van der Waals surface area contributed by atoms with Gasteiger partial charge in [0.2, 0.25) is 0 Å². The Hall–Kier alpha value is -1.90. The minimum absolute atomic E-state index is 0.155. The van der Waals surface area contributed by atoms with Crippen molar-refractivity contribution in [1.29, 1.82) is 0 Å². The summed E-state index contributed by atoms with van der Waals surface area (Å²) in [6, 6.07) is 3.15. The maximum atomic E-state index is 12.0. The van der Waals surface area contributed by atoms with Gasteiger partial charge in [-0.25, -0.2) is 0 Å². The standard InChI is InChI=1S/C13H21N3O5/c1-19-7-8-21-10-9-20-6-5-16-4-2-3-11(13(16)17)12(14)15-18/h2-4,18H,5-10H2,1H3,(H2,14,15). The van der Waals surface area contributed by atoms with Gasteiger partial charge in [-0.05, 0) is 12.1 Å². The second-order valence-electron chi connectivity index (χ2n) is 4.12. The van der Waals surface area contributed by atoms with Crippen molar-refractivity contribution in [3.8, 4) is 0 Å². The van der Waals surface area contributed by atoms with Crippen LogP contribution in [0, 0.1) is 0 Å². The van der Waals surface area contributed by atoms with Gasteiger partial charge < -0.3 is 29.7 Å². The molecule has 118 valence electrons. The van der Waals surface area contributed by atoms with Gasteiger partial charge >= 0.3 is 0 Å². The van der Waals surface area contributed by atoms with Crippen molar-refractivity contribution in [2.45, 2.75) is 6.54 Å². The van der Waals surface area contributed by atoms with Gasteiger partial charge in [-0.1, -0.05) is 5.16 Å². The van der Waals surface area contributed by atoms with Crippen LogP contribution in [-0.2, 0) is 20.8 Å². The lowest BCUT2D eigenvalue weighted by Gasteiger charge is -2.08. The Bertz CT molecular complexity index is 501. The van der Waals surface area contributed by atoms with E-state index < -0.39 is 0 Å². The predicted molar refractivity (Wildman–Crippen MR) is 76.7 cm³/mol. The third kappa shape index (κ3) is 5.94. The predicted octanol–water partition coefficient (Wildman–Crippen LogP) is -0.378. The number of nitrogens with zero attached hydrogens (tertiary/aromatic N) is 2. The minimum Gasteiger partial charge on any atom is -0.409 e. The summed E-state index contributed by atoms with van der Waals surface area (Å²) in [5.74, 6) is -0.207. The summed E-state index contributed by atoms with van der Waals surface area (Å²) in [7, 11) is 1.61. The van der Waals surface area contributed by atoms with Crippen LogP contribution >= 0.6 is 0 Å². The van der Waals surface area contributed by atoms with Crippen LogP contribution in [-0.4, -0.2) is 55.8 Å². The Morgan fingerprint density at radius 2 is 1.95 bits per heavy atom. The molecule has 8 nitrogen and oxygen atoms in total. The quantitative estimate of drug-likeness (QED) is 0.200. The minimum atomic E-state index is -0.326. The van der Waals surface area contributed by atoms with Gasteiger partial charge in [0, 0.05) is 19.9 Å². The Balaban J connectivity index is 2.35. The largest absolute Gasteiger partial charge is 0.409 e. The maximum Gasteiger partial charge on any atom is 0.261 e. The van der Waals surface area contributed by atoms with E-state index in [1.165, 1.54) is 10.6 Å². The first-order valence-corrected chi connectivity index (χ1v) is 6.52. The molecule has 3 N–H and O–H groups in total. The number of oxime groups is 1. The molecule has 1 heterocycles. The molecule has 0 aliphatic rings. The Kier molecular flexibility index (Phi) is 8.10. The normalized spacial score (nSPS) is 11.8. The number of amidine groups is 1. The number of rotatable bonds is 10. The lowest BCUT2D eigenvalue weighted by atomic mass is 10.2. The molecule has 1 aromatic rings. The highest BCUT2D eigenvalue weighted by atomic mass is 16.5. The van der Waals surface area contributed by atoms with Crippen molar-refractivity contribution in [3.63, 3.8) is 0 Å². The molecule has 0 aliphatic heterocycles. The van der Waals surface area contributed by atoms with E-state index >= 15 is 0 Å². The van der Waals surface area contributed by atoms with E-state index in [-0.39, 0.29) is 17.0 Å². The molecular formula is C13H21N3O5. The zero-order valence-corrected chi connectivity index (χ0v) is 12.0. The van der Waals surface area contributed by atoms with E-state index in [1.807, 2.05) is 0 Å². The smallest absolute Gasteiger partial charge is 0.261 e. The molecule has 0 saturated carbocycles. The average Bonchev–Trinajstić information content (AvgIpc) is 2.50. The number of pyridine rings is 1. The van der Waals surface area contributed by atoms with E-state index in [1.54, 1.807) is 19.4 Å². The van der Waals surface area contributed by atoms with Crippen molar-refractivity contribution in [2.75, 3.05) is 40.1 Å². The number of hydrogen-bond donors (Lipinski definition) is 2. The number of ether oxygens (including phenoxy) is 3. The van der Waals surface area contributed by atoms with Gasteiger partial charge in [-0.15, -0.1) is 0 Å². The van der Waals surface area contributed by atoms with Gasteiger partial charge in [-0.2, -0.15) is 0 Å². The molecule has 1 rings (SSSR count). The zero-order chi connectivity index (χ0) is 15.5. The Morgan fingerprint density at radius 3 is 2.62 bits per heavy atom. The van der Waals surface area contributed by atoms with Crippen LogP contribution in [0.25, 0.3) is 0 Å². The average molecular weight is 299 g/mol. The van der Waals surface area contributed by atoms with Crippen LogP contribution in [0.5, 0.6) is 0 Å². The fourth-order valence-corrected chi connectivity index (χ4v) is 1.59. The summed E-state index contributed by atoms with van der Waals surface area (Å²) in [6.45, 7) is 2.74. The van der Waals surface area contributed by atoms with Crippen molar-refractivity contribution < 1.29 is 19.4 Å². The van der Waals surface area contributed by atoms with Gasteiger partial charge in [-0.3, -0.25) is 4.79 Å². The number of hydrogen-bond acceptors (Lipinski definition) is 6. The summed E-state index contributed by atoms with van der Waals surface area (Å²) in [5, 5.41) is 11.4. The summed E-state index contributed by atoms with van der Waals surface area (Å²) < 4.78 is 16.9. The van der Waals surface area contributed by atoms with Crippen molar-refractivity contribution in [3.05, 3.63) is 34.2 Å². The first-order valence-electron chi connectivity index (χ1n) is 6.52. The van der Waals surface area contributed by atoms with Crippen molar-refractivity contribution >= 4 is 5.84 Å². The third-order valence-electron chi connectivity index (χ3n) is 2.68. The topological polar surface area (TPSA) is 108 Å². The van der Waals surface area contributed by atoms with Crippen LogP contribution < -0.4 is 11.3 Å². The highest BCUT2D eigenvalue weighted by Gasteiger charge is 2.07. The SMILES string of the molecule is COCCOCCOCCn1cccc(/C(N)=N/O)c1=O. The third-order valence-corrected chi connectivity index (χ3v) is 2.68. The van der Waals surface area contributed by atoms with Gasteiger partial charge in [0.1, 0.15) is 0 Å². The molecule has 1 aromatic heterocycles. The summed E-state index contributed by atoms with van der Waals surface area (Å²) in [5.41, 5.74) is 5.26. The Morgan fingerprint density at radius 1 is 1.29 bits per heavy atom. The molecule has 0 saturated heterocycles. The van der Waals surface area contributed by atoms with E-state index in [2.05, 4.69) is 5.16 Å². The van der Waals surface area contributed by atoms with Gasteiger partial charge in [0.25, 0.3) is 5.56 Å². The molecule has 0 bridgehead atoms. The summed E-state index contributed by atoms with van der Waals surface area (Å²) in [6.07, 6.45) is 1.62. The molecule has 0 unspecified atom stereocenters. The number of methoxy groups -OCH3 is 1. The van der Waals surface area contributed by atoms with Crippen LogP contribution in [0.15, 0.2) is 28.3 Å². The molecule has 0 radical (unpaired) electrons. The van der Waals surface area contributed by atoms with Gasteiger partial charge in [0.15, 0.2) is 5.84 Å². The molecule has 21 heavy (non-hydrogen) atoms. The van der Waals surface area contributed by atoms with Crippen molar-refractivity contribution in [1.82, 2.24) is 4.57 Å². The lowest BCUT2D eigenvalue weighted by Crippen LogP contribution is -2.30. The fourth-order valence-electron chi connectivity index (χ4n) is 1.59. The Labute approximate surface area is 122 Å². The molecule has 0 amide bonds. The number of aromatic nitrogens is 1. The van der Waals surface area contributed by atoms with Crippen LogP contribution in [0.2, 0.25) is 0 Å². The molecule has 0 spiro atoms. The highest BCUT2D eigenvalue weighted by molar-refractivity contribution is 5.96. The van der Waals surface area contributed by atoms with Crippen LogP contribution in [0.1, 0.15) is 5.56 Å². The van der Waals surface area contributed by atoms with Crippen molar-refractivity contribution in [2.24, 2.45) is 10.9 Å². The van der Waals surface area contributed by atoms with Crippen LogP contribution in [0.4, 0.5) is 0 Å². The van der Waals surface area contributed by atoms with E-state index in [0.717, 1.165) is 0 Å². The summed E-state index contributed by atoms with van der Waals surface area (Å²) in [4.78, 5) is 12.0. The monoisotopic (exact) mass is 299 g/mol. The second-order valence-corrected chi connectivity index (χ2v) is 4.12. The molecule has 0 aromatic carbocycles. The molecule has 0 aliphatic carbocycles. The van der Waals surface area contributed by atoms with E-state index in [4.69, 9.17) is 25.2 Å². The molecule has 0 fully saturated rings. The first-order chi connectivity index (χ1) is 10.2. The first kappa shape index (κ1) is 17.2. The van der Waals surface area contributed by atoms with E-state index in [0.29, 0.717) is 39.6 Å². The lowest BCUT2D eigenvalue weighted by molar-refractivity contribution is 0.0229. The number of nitrogens with two attached hydrogens (primary N) is 1. The van der Waals surface area contributed by atoms with Gasteiger partial charge in [0.05, 0.1) is 38.6 Å². The fraction of sp³-hybridized carbons (Fsp3) is 0.538. The molecular weight excluding hydrogens is 278 g/mol. The van der Waals surface area contributed by atoms with E-state index in [9.17, 15) is 4.79 Å². The molecule has 0 atom stereocenters. The summed E-state index contributed by atoms with van der Waals surface area (Å²) >= 11 is 0. The zero-order valence-electron chi connectivity index (χ0n) is 12.0. The van der Waals surface area contributed by atoms with Crippen LogP contribution in [0.3, 0.4) is 0 Å². The second kappa shape index (κ2) is 9.92.